The molecule has 1 aromatic rings. The number of benzene rings is 1. The average molecular weight is 304 g/mol. The minimum absolute atomic E-state index is 0.0906. The van der Waals surface area contributed by atoms with Crippen LogP contribution in [0.4, 0.5) is 0 Å². The predicted octanol–water partition coefficient (Wildman–Crippen LogP) is 1.95. The summed E-state index contributed by atoms with van der Waals surface area (Å²) in [5.41, 5.74) is 0.963. The highest BCUT2D eigenvalue weighted by atomic mass is 16.7. The lowest BCUT2D eigenvalue weighted by Gasteiger charge is -2.32. The fourth-order valence-electron chi connectivity index (χ4n) is 3.13. The molecule has 5 heteroatoms. The number of nitrogens with zero attached hydrogens (tertiary/aromatic N) is 1. The van der Waals surface area contributed by atoms with Crippen LogP contribution in [-0.4, -0.2) is 43.3 Å². The zero-order valence-electron chi connectivity index (χ0n) is 13.1. The second-order valence-electron chi connectivity index (χ2n) is 6.05. The fraction of sp³-hybridized carbons (Fsp3) is 0.588. The van der Waals surface area contributed by atoms with E-state index in [4.69, 9.17) is 9.47 Å². The monoisotopic (exact) mass is 304 g/mol. The van der Waals surface area contributed by atoms with Crippen molar-refractivity contribution in [1.82, 2.24) is 10.2 Å². The van der Waals surface area contributed by atoms with Gasteiger partial charge in [-0.3, -0.25) is 4.79 Å². The van der Waals surface area contributed by atoms with Gasteiger partial charge in [0.1, 0.15) is 0 Å². The first-order valence-electron chi connectivity index (χ1n) is 8.15. The molecule has 1 N–H and O–H groups in total. The molecule has 0 aliphatic carbocycles. The third kappa shape index (κ3) is 3.71. The van der Waals surface area contributed by atoms with Gasteiger partial charge in [0.25, 0.3) is 0 Å². The number of hydrogen-bond acceptors (Lipinski definition) is 4. The number of piperidine rings is 1. The number of nitrogens with one attached hydrogen (secondary N) is 1. The molecule has 0 radical (unpaired) electrons. The van der Waals surface area contributed by atoms with Crippen molar-refractivity contribution in [2.45, 2.75) is 38.6 Å². The molecule has 2 heterocycles. The molecule has 1 amide bonds. The highest BCUT2D eigenvalue weighted by Crippen LogP contribution is 2.32. The molecule has 0 bridgehead atoms. The summed E-state index contributed by atoms with van der Waals surface area (Å²) in [6.45, 7) is 5.81. The van der Waals surface area contributed by atoms with Gasteiger partial charge in [0.05, 0.1) is 6.42 Å². The molecule has 0 saturated carbocycles. The van der Waals surface area contributed by atoms with Crippen molar-refractivity contribution in [3.05, 3.63) is 23.8 Å². The zero-order valence-corrected chi connectivity index (χ0v) is 13.1. The van der Waals surface area contributed by atoms with Crippen molar-refractivity contribution < 1.29 is 14.3 Å². The quantitative estimate of drug-likeness (QED) is 0.903. The maximum absolute atomic E-state index is 12.2. The highest BCUT2D eigenvalue weighted by Gasteiger charge is 2.20. The van der Waals surface area contributed by atoms with Gasteiger partial charge < -0.3 is 19.7 Å². The topological polar surface area (TPSA) is 50.8 Å². The van der Waals surface area contributed by atoms with Gasteiger partial charge in [0, 0.05) is 19.1 Å². The fourth-order valence-corrected chi connectivity index (χ4v) is 3.13. The molecule has 0 atom stereocenters. The number of fused-ring (bicyclic) bond motifs is 1. The second kappa shape index (κ2) is 7.01. The first-order chi connectivity index (χ1) is 10.7. The van der Waals surface area contributed by atoms with E-state index in [-0.39, 0.29) is 12.7 Å². The van der Waals surface area contributed by atoms with Crippen LogP contribution in [0.2, 0.25) is 0 Å². The normalized spacial score (nSPS) is 18.4. The Hall–Kier alpha value is -1.75. The van der Waals surface area contributed by atoms with Crippen molar-refractivity contribution in [2.24, 2.45) is 0 Å². The van der Waals surface area contributed by atoms with Gasteiger partial charge in [0.2, 0.25) is 12.7 Å². The maximum atomic E-state index is 12.2. The summed E-state index contributed by atoms with van der Waals surface area (Å²) in [4.78, 5) is 14.7. The van der Waals surface area contributed by atoms with Gasteiger partial charge in [-0.1, -0.05) is 13.0 Å². The molecule has 3 rings (SSSR count). The molecule has 120 valence electrons. The van der Waals surface area contributed by atoms with E-state index in [2.05, 4.69) is 17.1 Å². The Morgan fingerprint density at radius 2 is 2.05 bits per heavy atom. The standard InChI is InChI=1S/C17H24N2O3/c1-2-7-19-8-5-14(6-9-19)18-17(20)11-13-3-4-15-16(10-13)22-12-21-15/h3-4,10,14H,2,5-9,11-12H2,1H3,(H,18,20). The number of hydrogen-bond donors (Lipinski definition) is 1. The average Bonchev–Trinajstić information content (AvgIpc) is 2.97. The van der Waals surface area contributed by atoms with E-state index < -0.39 is 0 Å². The molecule has 5 nitrogen and oxygen atoms in total. The van der Waals surface area contributed by atoms with Crippen LogP contribution in [0.15, 0.2) is 18.2 Å². The summed E-state index contributed by atoms with van der Waals surface area (Å²) in [6, 6.07) is 6.01. The summed E-state index contributed by atoms with van der Waals surface area (Å²) >= 11 is 0. The number of ether oxygens (including phenoxy) is 2. The largest absolute Gasteiger partial charge is 0.454 e. The van der Waals surface area contributed by atoms with Gasteiger partial charge in [-0.2, -0.15) is 0 Å². The van der Waals surface area contributed by atoms with E-state index >= 15 is 0 Å². The molecule has 0 aromatic heterocycles. The molecule has 22 heavy (non-hydrogen) atoms. The number of likely N-dealkylation sites (tertiary alicyclic amines) is 1. The van der Waals surface area contributed by atoms with Crippen molar-refractivity contribution >= 4 is 5.91 Å². The maximum Gasteiger partial charge on any atom is 0.231 e. The summed E-state index contributed by atoms with van der Waals surface area (Å²) in [5, 5.41) is 3.16. The van der Waals surface area contributed by atoms with Crippen molar-refractivity contribution in [2.75, 3.05) is 26.4 Å². The van der Waals surface area contributed by atoms with Crippen molar-refractivity contribution in [3.63, 3.8) is 0 Å². The van der Waals surface area contributed by atoms with Crippen LogP contribution in [0.25, 0.3) is 0 Å². The summed E-state index contributed by atoms with van der Waals surface area (Å²) in [6.07, 6.45) is 3.69. The molecule has 1 fully saturated rings. The minimum atomic E-state index is 0.0906. The molecule has 1 aromatic carbocycles. The lowest BCUT2D eigenvalue weighted by atomic mass is 10.0. The first kappa shape index (κ1) is 15.2. The molecular weight excluding hydrogens is 280 g/mol. The van der Waals surface area contributed by atoms with Crippen LogP contribution in [0.5, 0.6) is 11.5 Å². The van der Waals surface area contributed by atoms with E-state index in [0.717, 1.165) is 49.5 Å². The van der Waals surface area contributed by atoms with Crippen molar-refractivity contribution in [3.8, 4) is 11.5 Å². The Kier molecular flexibility index (Phi) is 4.83. The highest BCUT2D eigenvalue weighted by molar-refractivity contribution is 5.79. The molecule has 0 spiro atoms. The SMILES string of the molecule is CCCN1CCC(NC(=O)Cc2ccc3c(c2)OCO3)CC1. The van der Waals surface area contributed by atoms with Crippen LogP contribution in [0, 0.1) is 0 Å². The van der Waals surface area contributed by atoms with Crippen LogP contribution >= 0.6 is 0 Å². The lowest BCUT2D eigenvalue weighted by Crippen LogP contribution is -2.45. The van der Waals surface area contributed by atoms with Crippen LogP contribution in [0.3, 0.4) is 0 Å². The summed E-state index contributed by atoms with van der Waals surface area (Å²) in [5.74, 6) is 1.58. The van der Waals surface area contributed by atoms with Gasteiger partial charge in [0.15, 0.2) is 11.5 Å². The number of amides is 1. The van der Waals surface area contributed by atoms with Gasteiger partial charge in [-0.15, -0.1) is 0 Å². The Balaban J connectivity index is 1.47. The van der Waals surface area contributed by atoms with Crippen LogP contribution in [-0.2, 0) is 11.2 Å². The first-order valence-corrected chi connectivity index (χ1v) is 8.15. The predicted molar refractivity (Wildman–Crippen MR) is 84.2 cm³/mol. The molecular formula is C17H24N2O3. The molecule has 1 saturated heterocycles. The minimum Gasteiger partial charge on any atom is -0.454 e. The van der Waals surface area contributed by atoms with Gasteiger partial charge in [-0.05, 0) is 43.5 Å². The van der Waals surface area contributed by atoms with Crippen LogP contribution < -0.4 is 14.8 Å². The number of carbonyl (C=O) groups is 1. The number of carbonyl (C=O) groups excluding carboxylic acids is 1. The van der Waals surface area contributed by atoms with Crippen LogP contribution in [0.1, 0.15) is 31.7 Å². The third-order valence-electron chi connectivity index (χ3n) is 4.29. The third-order valence-corrected chi connectivity index (χ3v) is 4.29. The van der Waals surface area contributed by atoms with Gasteiger partial charge >= 0.3 is 0 Å². The number of rotatable bonds is 5. The molecule has 2 aliphatic rings. The van der Waals surface area contributed by atoms with Gasteiger partial charge in [-0.25, -0.2) is 0 Å². The Morgan fingerprint density at radius 3 is 2.82 bits per heavy atom. The Morgan fingerprint density at radius 1 is 1.27 bits per heavy atom. The summed E-state index contributed by atoms with van der Waals surface area (Å²) in [7, 11) is 0. The van der Waals surface area contributed by atoms with E-state index in [1.165, 1.54) is 6.42 Å². The molecule has 0 unspecified atom stereocenters. The Bertz CT molecular complexity index is 525. The Labute approximate surface area is 131 Å². The van der Waals surface area contributed by atoms with Crippen molar-refractivity contribution in [1.29, 1.82) is 0 Å². The molecule has 2 aliphatic heterocycles. The lowest BCUT2D eigenvalue weighted by molar-refractivity contribution is -0.121. The zero-order chi connectivity index (χ0) is 15.4. The van der Waals surface area contributed by atoms with E-state index in [0.29, 0.717) is 12.5 Å². The van der Waals surface area contributed by atoms with E-state index in [9.17, 15) is 4.79 Å². The summed E-state index contributed by atoms with van der Waals surface area (Å²) < 4.78 is 10.6. The second-order valence-corrected chi connectivity index (χ2v) is 6.05. The van der Waals surface area contributed by atoms with E-state index in [1.54, 1.807) is 0 Å². The van der Waals surface area contributed by atoms with E-state index in [1.807, 2.05) is 18.2 Å². The smallest absolute Gasteiger partial charge is 0.231 e.